The van der Waals surface area contributed by atoms with E-state index in [0.29, 0.717) is 0 Å². The number of imidazole rings is 1. The topological polar surface area (TPSA) is 74.1 Å². The van der Waals surface area contributed by atoms with E-state index in [1.165, 1.54) is 30.8 Å². The Morgan fingerprint density at radius 1 is 1.06 bits per heavy atom. The van der Waals surface area contributed by atoms with Gasteiger partial charge < -0.3 is 14.6 Å². The van der Waals surface area contributed by atoms with Crippen LogP contribution in [0.3, 0.4) is 0 Å². The van der Waals surface area contributed by atoms with Gasteiger partial charge in [0.2, 0.25) is 0 Å². The molecule has 7 nitrogen and oxygen atoms in total. The van der Waals surface area contributed by atoms with Crippen LogP contribution < -0.4 is 10.2 Å². The molecule has 2 atom stereocenters. The van der Waals surface area contributed by atoms with E-state index in [0.717, 1.165) is 57.0 Å². The van der Waals surface area contributed by atoms with Gasteiger partial charge in [-0.25, -0.2) is 9.97 Å². The van der Waals surface area contributed by atoms with Crippen LogP contribution in [0.4, 0.5) is 17.2 Å². The van der Waals surface area contributed by atoms with Gasteiger partial charge in [0, 0.05) is 59.3 Å². The second-order valence-corrected chi connectivity index (χ2v) is 10.6. The third kappa shape index (κ3) is 3.58. The molecule has 3 aliphatic heterocycles. The second kappa shape index (κ2) is 8.06. The fourth-order valence-corrected chi connectivity index (χ4v) is 6.54. The van der Waals surface area contributed by atoms with Gasteiger partial charge in [-0.3, -0.25) is 5.10 Å². The normalized spacial score (nSPS) is 20.2. The fourth-order valence-electron chi connectivity index (χ4n) is 5.13. The lowest BCUT2D eigenvalue weighted by Gasteiger charge is -2.24. The van der Waals surface area contributed by atoms with E-state index < -0.39 is 0 Å². The van der Waals surface area contributed by atoms with Crippen molar-refractivity contribution in [1.29, 1.82) is 0 Å². The van der Waals surface area contributed by atoms with Crippen LogP contribution in [0.5, 0.6) is 0 Å². The highest BCUT2D eigenvalue weighted by molar-refractivity contribution is 8.00. The van der Waals surface area contributed by atoms with Gasteiger partial charge in [0.1, 0.15) is 0 Å². The summed E-state index contributed by atoms with van der Waals surface area (Å²) in [6.45, 7) is 2.34. The number of hydrogen-bond donors (Lipinski definition) is 2. The number of aromatic amines is 1. The summed E-state index contributed by atoms with van der Waals surface area (Å²) in [5.74, 6) is 2.88. The monoisotopic (exact) mass is 467 g/mol. The average molecular weight is 468 g/mol. The molecule has 2 N–H and O–H groups in total. The van der Waals surface area contributed by atoms with Gasteiger partial charge >= 0.3 is 0 Å². The molecular weight excluding hydrogens is 442 g/mol. The van der Waals surface area contributed by atoms with Crippen molar-refractivity contribution in [3.8, 4) is 11.3 Å². The highest BCUT2D eigenvalue weighted by atomic mass is 32.2. The Hall–Kier alpha value is -3.52. The van der Waals surface area contributed by atoms with Crippen LogP contribution in [0.25, 0.3) is 27.8 Å². The maximum absolute atomic E-state index is 4.94. The third-order valence-corrected chi connectivity index (χ3v) is 8.49. The Kier molecular flexibility index (Phi) is 4.72. The van der Waals surface area contributed by atoms with E-state index in [1.54, 1.807) is 6.20 Å². The Morgan fingerprint density at radius 3 is 2.88 bits per heavy atom. The van der Waals surface area contributed by atoms with E-state index in [4.69, 9.17) is 4.98 Å². The summed E-state index contributed by atoms with van der Waals surface area (Å²) < 4.78 is 2.01. The first-order chi connectivity index (χ1) is 16.8. The van der Waals surface area contributed by atoms with Crippen LogP contribution in [-0.2, 0) is 0 Å². The van der Waals surface area contributed by atoms with E-state index in [-0.39, 0.29) is 0 Å². The summed E-state index contributed by atoms with van der Waals surface area (Å²) in [5, 5.41) is 12.5. The third-order valence-electron chi connectivity index (χ3n) is 6.97. The number of anilines is 3. The number of H-pyrrole nitrogens is 1. The lowest BCUT2D eigenvalue weighted by atomic mass is 10.1. The molecule has 3 aromatic heterocycles. The number of aromatic nitrogens is 5. The van der Waals surface area contributed by atoms with Crippen molar-refractivity contribution in [2.24, 2.45) is 5.92 Å². The number of thioether (sulfide) groups is 1. The predicted octanol–water partition coefficient (Wildman–Crippen LogP) is 5.35. The molecule has 3 aliphatic rings. The number of nitrogens with one attached hydrogen (secondary N) is 2. The zero-order valence-electron chi connectivity index (χ0n) is 18.7. The molecular formula is C26H25N7S. The fraction of sp³-hybridized carbons (Fsp3) is 0.269. The molecule has 0 amide bonds. The minimum Gasteiger partial charge on any atom is -0.370 e. The number of rotatable bonds is 4. The highest BCUT2D eigenvalue weighted by Crippen LogP contribution is 2.36. The van der Waals surface area contributed by atoms with E-state index >= 15 is 0 Å². The highest BCUT2D eigenvalue weighted by Gasteiger charge is 2.29. The first-order valence-corrected chi connectivity index (χ1v) is 12.8. The maximum atomic E-state index is 4.94. The van der Waals surface area contributed by atoms with Crippen molar-refractivity contribution in [3.05, 3.63) is 67.3 Å². The van der Waals surface area contributed by atoms with Crippen LogP contribution in [0.15, 0.2) is 67.3 Å². The number of fused-ring (bicyclic) bond motifs is 6. The molecule has 2 aromatic carbocycles. The van der Waals surface area contributed by atoms with Gasteiger partial charge in [-0.15, -0.1) is 0 Å². The first kappa shape index (κ1) is 19.9. The summed E-state index contributed by atoms with van der Waals surface area (Å²) >= 11 is 2.16. The molecule has 34 heavy (non-hydrogen) atoms. The van der Waals surface area contributed by atoms with E-state index in [2.05, 4.69) is 79.6 Å². The maximum Gasteiger partial charge on any atom is 0.180 e. The van der Waals surface area contributed by atoms with Crippen molar-refractivity contribution >= 4 is 45.5 Å². The molecule has 8 rings (SSSR count). The Balaban J connectivity index is 1.19. The number of nitrogens with zero attached hydrogens (tertiary/aromatic N) is 5. The molecule has 2 bridgehead atoms. The molecule has 5 aromatic rings. The van der Waals surface area contributed by atoms with Gasteiger partial charge in [-0.05, 0) is 54.8 Å². The van der Waals surface area contributed by atoms with Crippen LogP contribution in [0, 0.1) is 5.92 Å². The smallest absolute Gasteiger partial charge is 0.180 e. The zero-order chi connectivity index (χ0) is 22.5. The zero-order valence-corrected chi connectivity index (χ0v) is 19.5. The summed E-state index contributed by atoms with van der Waals surface area (Å²) in [7, 11) is 0. The molecule has 170 valence electrons. The second-order valence-electron chi connectivity index (χ2n) is 9.28. The van der Waals surface area contributed by atoms with Crippen LogP contribution >= 0.6 is 11.8 Å². The molecule has 0 saturated carbocycles. The van der Waals surface area contributed by atoms with Crippen molar-refractivity contribution < 1.29 is 0 Å². The van der Waals surface area contributed by atoms with E-state index in [9.17, 15) is 0 Å². The molecule has 8 heteroatoms. The molecule has 6 heterocycles. The first-order valence-electron chi connectivity index (χ1n) is 11.8. The minimum atomic E-state index is 0.740. The number of benzene rings is 2. The molecule has 0 spiro atoms. The molecule has 0 aliphatic carbocycles. The lowest BCUT2D eigenvalue weighted by Crippen LogP contribution is -2.29. The molecule has 3 saturated heterocycles. The molecule has 0 radical (unpaired) electrons. The summed E-state index contributed by atoms with van der Waals surface area (Å²) in [4.78, 5) is 12.0. The molecule has 3 fully saturated rings. The lowest BCUT2D eigenvalue weighted by molar-refractivity contribution is 0.542. The van der Waals surface area contributed by atoms with Crippen LogP contribution in [0.1, 0.15) is 12.8 Å². The van der Waals surface area contributed by atoms with E-state index in [1.807, 2.05) is 23.0 Å². The van der Waals surface area contributed by atoms with Gasteiger partial charge in [0.15, 0.2) is 11.5 Å². The Labute approximate surface area is 201 Å². The van der Waals surface area contributed by atoms with Crippen molar-refractivity contribution in [1.82, 2.24) is 24.6 Å². The summed E-state index contributed by atoms with van der Waals surface area (Å²) in [5.41, 5.74) is 6.02. The van der Waals surface area contributed by atoms with Crippen LogP contribution in [0.2, 0.25) is 0 Å². The minimum absolute atomic E-state index is 0.740. The molecule has 2 unspecified atom stereocenters. The summed E-state index contributed by atoms with van der Waals surface area (Å²) in [6.07, 6.45) is 10.3. The van der Waals surface area contributed by atoms with Gasteiger partial charge in [0.05, 0.1) is 17.4 Å². The van der Waals surface area contributed by atoms with Gasteiger partial charge in [0.25, 0.3) is 0 Å². The standard InChI is InChI=1S/C26H25N7S/c1-8-22-14-33(13-17(1)16-34-22)21-6-4-20(5-7-21)29-25-26-27-9-10-32(26)15-24(30-25)18-2-3-19-12-28-31-23(19)11-18/h2-7,9-12,15,17,22H,1,8,13-14,16H2,(H,28,31)(H,29,30). The average Bonchev–Trinajstić information content (AvgIpc) is 3.45. The largest absolute Gasteiger partial charge is 0.370 e. The Bertz CT molecular complexity index is 1450. The SMILES string of the molecule is c1cn2cc(-c3ccc4cn[nH]c4c3)nc(Nc3ccc(N4CC5CCC(C4)SC5)cc3)c2n1. The van der Waals surface area contributed by atoms with Crippen LogP contribution in [-0.4, -0.2) is 48.7 Å². The van der Waals surface area contributed by atoms with Crippen molar-refractivity contribution in [2.45, 2.75) is 18.1 Å². The Morgan fingerprint density at radius 2 is 2.00 bits per heavy atom. The predicted molar refractivity (Wildman–Crippen MR) is 139 cm³/mol. The van der Waals surface area contributed by atoms with Gasteiger partial charge in [-0.2, -0.15) is 16.9 Å². The van der Waals surface area contributed by atoms with Crippen molar-refractivity contribution in [2.75, 3.05) is 29.1 Å². The summed E-state index contributed by atoms with van der Waals surface area (Å²) in [6, 6.07) is 15.0. The van der Waals surface area contributed by atoms with Crippen molar-refractivity contribution in [3.63, 3.8) is 0 Å². The van der Waals surface area contributed by atoms with Gasteiger partial charge in [-0.1, -0.05) is 12.1 Å². The number of hydrogen-bond acceptors (Lipinski definition) is 6. The quantitative estimate of drug-likeness (QED) is 0.371.